The van der Waals surface area contributed by atoms with Gasteiger partial charge in [0.25, 0.3) is 0 Å². The van der Waals surface area contributed by atoms with Crippen LogP contribution in [0.1, 0.15) is 31.2 Å². The van der Waals surface area contributed by atoms with E-state index in [2.05, 4.69) is 5.16 Å². The predicted octanol–water partition coefficient (Wildman–Crippen LogP) is 2.58. The monoisotopic (exact) mass is 290 g/mol. The van der Waals surface area contributed by atoms with Crippen molar-refractivity contribution < 1.29 is 14.0 Å². The summed E-state index contributed by atoms with van der Waals surface area (Å²) in [5.41, 5.74) is 1.48. The maximum Gasteiger partial charge on any atom is 0.225 e. The first-order valence-corrected chi connectivity index (χ1v) is 7.37. The van der Waals surface area contributed by atoms with Crippen molar-refractivity contribution in [2.24, 2.45) is 11.1 Å². The van der Waals surface area contributed by atoms with Gasteiger partial charge >= 0.3 is 0 Å². The van der Waals surface area contributed by atoms with E-state index in [1.165, 1.54) is 12.1 Å². The Bertz CT molecular complexity index is 569. The van der Waals surface area contributed by atoms with Gasteiger partial charge in [-0.1, -0.05) is 23.7 Å². The maximum atomic E-state index is 13.2. The summed E-state index contributed by atoms with van der Waals surface area (Å²) < 4.78 is 13.2. The van der Waals surface area contributed by atoms with Gasteiger partial charge in [0.2, 0.25) is 5.91 Å². The van der Waals surface area contributed by atoms with E-state index < -0.39 is 0 Å². The van der Waals surface area contributed by atoms with E-state index in [4.69, 9.17) is 4.84 Å². The van der Waals surface area contributed by atoms with Gasteiger partial charge in [-0.15, -0.1) is 0 Å². The Morgan fingerprint density at radius 3 is 2.95 bits per heavy atom. The molecule has 0 aromatic heterocycles. The van der Waals surface area contributed by atoms with E-state index in [1.807, 2.05) is 13.1 Å². The molecule has 0 N–H and O–H groups in total. The molecule has 1 amide bonds. The summed E-state index contributed by atoms with van der Waals surface area (Å²) in [5.74, 6) is 0.111. The van der Waals surface area contributed by atoms with Crippen LogP contribution in [0.4, 0.5) is 4.39 Å². The van der Waals surface area contributed by atoms with Crippen LogP contribution < -0.4 is 0 Å². The first kappa shape index (κ1) is 14.0. The second-order valence-corrected chi connectivity index (χ2v) is 5.83. The normalized spacial score (nSPS) is 21.4. The summed E-state index contributed by atoms with van der Waals surface area (Å²) in [4.78, 5) is 19.2. The number of likely N-dealkylation sites (N-methyl/N-ethyl adjacent to an activating group) is 1. The molecular formula is C16H19FN2O2. The zero-order chi connectivity index (χ0) is 14.8. The van der Waals surface area contributed by atoms with Crippen molar-refractivity contribution in [2.75, 3.05) is 13.6 Å². The van der Waals surface area contributed by atoms with Crippen LogP contribution in [0, 0.1) is 11.7 Å². The molecule has 21 heavy (non-hydrogen) atoms. The Labute approximate surface area is 123 Å². The standard InChI is InChI=1S/C16H19FN2O2/c1-19(16(20)11-4-2-5-11)10-14-9-15(18-21-14)12-6-3-7-13(17)8-12/h3,6-8,11,14H,2,4-5,9-10H2,1H3/t14-/m1/s1. The van der Waals surface area contributed by atoms with Gasteiger partial charge in [0.1, 0.15) is 5.82 Å². The minimum Gasteiger partial charge on any atom is -0.390 e. The predicted molar refractivity (Wildman–Crippen MR) is 77.4 cm³/mol. The lowest BCUT2D eigenvalue weighted by molar-refractivity contribution is -0.138. The van der Waals surface area contributed by atoms with Crippen molar-refractivity contribution in [2.45, 2.75) is 31.8 Å². The molecule has 1 aliphatic heterocycles. The van der Waals surface area contributed by atoms with Crippen molar-refractivity contribution in [3.63, 3.8) is 0 Å². The molecule has 1 heterocycles. The first-order valence-electron chi connectivity index (χ1n) is 7.37. The maximum absolute atomic E-state index is 13.2. The van der Waals surface area contributed by atoms with Crippen LogP contribution in [0.3, 0.4) is 0 Å². The largest absolute Gasteiger partial charge is 0.390 e. The molecule has 1 saturated carbocycles. The van der Waals surface area contributed by atoms with Crippen LogP contribution in [-0.2, 0) is 9.63 Å². The lowest BCUT2D eigenvalue weighted by atomic mass is 9.84. The first-order chi connectivity index (χ1) is 10.1. The molecule has 0 bridgehead atoms. The third kappa shape index (κ3) is 3.06. The smallest absolute Gasteiger partial charge is 0.225 e. The zero-order valence-electron chi connectivity index (χ0n) is 12.1. The Kier molecular flexibility index (Phi) is 3.90. The Morgan fingerprint density at radius 1 is 1.48 bits per heavy atom. The molecule has 0 radical (unpaired) electrons. The summed E-state index contributed by atoms with van der Waals surface area (Å²) in [6, 6.07) is 6.33. The molecule has 0 unspecified atom stereocenters. The summed E-state index contributed by atoms with van der Waals surface area (Å²) in [7, 11) is 1.81. The molecule has 2 aliphatic rings. The van der Waals surface area contributed by atoms with Crippen molar-refractivity contribution >= 4 is 11.6 Å². The average molecular weight is 290 g/mol. The van der Waals surface area contributed by atoms with E-state index in [0.717, 1.165) is 30.5 Å². The quantitative estimate of drug-likeness (QED) is 0.855. The molecule has 5 heteroatoms. The van der Waals surface area contributed by atoms with E-state index in [9.17, 15) is 9.18 Å². The van der Waals surface area contributed by atoms with Crippen molar-refractivity contribution in [1.82, 2.24) is 4.90 Å². The van der Waals surface area contributed by atoms with Gasteiger partial charge < -0.3 is 9.74 Å². The summed E-state index contributed by atoms with van der Waals surface area (Å²) in [6.07, 6.45) is 3.61. The lowest BCUT2D eigenvalue weighted by Crippen LogP contribution is -2.40. The molecule has 1 aromatic rings. The number of rotatable bonds is 4. The summed E-state index contributed by atoms with van der Waals surface area (Å²) >= 11 is 0. The minimum atomic E-state index is -0.282. The number of oxime groups is 1. The molecule has 112 valence electrons. The molecule has 0 spiro atoms. The summed E-state index contributed by atoms with van der Waals surface area (Å²) in [6.45, 7) is 0.525. The second-order valence-electron chi connectivity index (χ2n) is 5.83. The molecule has 3 rings (SSSR count). The van der Waals surface area contributed by atoms with Gasteiger partial charge in [-0.2, -0.15) is 0 Å². The third-order valence-corrected chi connectivity index (χ3v) is 4.20. The van der Waals surface area contributed by atoms with E-state index in [0.29, 0.717) is 13.0 Å². The van der Waals surface area contributed by atoms with Crippen molar-refractivity contribution in [1.29, 1.82) is 0 Å². The van der Waals surface area contributed by atoms with Gasteiger partial charge in [0.05, 0.1) is 12.3 Å². The highest BCUT2D eigenvalue weighted by atomic mass is 19.1. The number of hydrogen-bond donors (Lipinski definition) is 0. The van der Waals surface area contributed by atoms with Crippen LogP contribution in [0.25, 0.3) is 0 Å². The van der Waals surface area contributed by atoms with Crippen LogP contribution in [-0.4, -0.2) is 36.2 Å². The van der Waals surface area contributed by atoms with Gasteiger partial charge in [0.15, 0.2) is 6.10 Å². The molecular weight excluding hydrogens is 271 g/mol. The number of nitrogens with zero attached hydrogens (tertiary/aromatic N) is 2. The molecule has 1 aliphatic carbocycles. The fourth-order valence-corrected chi connectivity index (χ4v) is 2.73. The van der Waals surface area contributed by atoms with Crippen LogP contribution in [0.15, 0.2) is 29.4 Å². The Balaban J connectivity index is 1.55. The number of hydrogen-bond acceptors (Lipinski definition) is 3. The molecule has 4 nitrogen and oxygen atoms in total. The van der Waals surface area contributed by atoms with E-state index in [-0.39, 0.29) is 23.7 Å². The molecule has 1 aromatic carbocycles. The zero-order valence-corrected chi connectivity index (χ0v) is 12.1. The average Bonchev–Trinajstić information content (AvgIpc) is 2.85. The van der Waals surface area contributed by atoms with Crippen molar-refractivity contribution in [3.05, 3.63) is 35.6 Å². The van der Waals surface area contributed by atoms with Gasteiger partial charge in [0, 0.05) is 24.9 Å². The highest BCUT2D eigenvalue weighted by Gasteiger charge is 2.31. The number of halogens is 1. The van der Waals surface area contributed by atoms with Crippen molar-refractivity contribution in [3.8, 4) is 0 Å². The van der Waals surface area contributed by atoms with Crippen LogP contribution in [0.5, 0.6) is 0 Å². The minimum absolute atomic E-state index is 0.141. The second kappa shape index (κ2) is 5.84. The summed E-state index contributed by atoms with van der Waals surface area (Å²) in [5, 5.41) is 4.03. The fourth-order valence-electron chi connectivity index (χ4n) is 2.73. The van der Waals surface area contributed by atoms with E-state index in [1.54, 1.807) is 11.0 Å². The molecule has 1 fully saturated rings. The number of carbonyl (C=O) groups excluding carboxylic acids is 1. The number of carbonyl (C=O) groups is 1. The van der Waals surface area contributed by atoms with Gasteiger partial charge in [-0.3, -0.25) is 4.79 Å². The Morgan fingerprint density at radius 2 is 2.29 bits per heavy atom. The lowest BCUT2D eigenvalue weighted by Gasteiger charge is -2.30. The van der Waals surface area contributed by atoms with E-state index >= 15 is 0 Å². The van der Waals surface area contributed by atoms with Crippen LogP contribution >= 0.6 is 0 Å². The van der Waals surface area contributed by atoms with Gasteiger partial charge in [-0.25, -0.2) is 4.39 Å². The third-order valence-electron chi connectivity index (χ3n) is 4.20. The molecule has 0 saturated heterocycles. The highest BCUT2D eigenvalue weighted by molar-refractivity contribution is 6.01. The Hall–Kier alpha value is -1.91. The molecule has 1 atom stereocenters. The highest BCUT2D eigenvalue weighted by Crippen LogP contribution is 2.28. The van der Waals surface area contributed by atoms with Gasteiger partial charge in [-0.05, 0) is 25.0 Å². The number of benzene rings is 1. The van der Waals surface area contributed by atoms with Crippen LogP contribution in [0.2, 0.25) is 0 Å². The topological polar surface area (TPSA) is 41.9 Å². The fraction of sp³-hybridized carbons (Fsp3) is 0.500. The number of amides is 1. The SMILES string of the molecule is CN(C[C@H]1CC(c2cccc(F)c2)=NO1)C(=O)C1CCC1.